The van der Waals surface area contributed by atoms with Crippen LogP contribution in [-0.2, 0) is 0 Å². The molecule has 17 heavy (non-hydrogen) atoms. The number of nitrogens with zero attached hydrogens (tertiary/aromatic N) is 3. The maximum atomic E-state index is 13.2. The van der Waals surface area contributed by atoms with Crippen molar-refractivity contribution >= 4 is 11.8 Å². The van der Waals surface area contributed by atoms with Gasteiger partial charge in [-0.3, -0.25) is 0 Å². The Kier molecular flexibility index (Phi) is 3.35. The first kappa shape index (κ1) is 11.6. The topological polar surface area (TPSA) is 49.6 Å². The minimum absolute atomic E-state index is 0.291. The van der Waals surface area contributed by atoms with Gasteiger partial charge < -0.3 is 0 Å². The number of aryl methyl sites for hydroxylation is 1. The van der Waals surface area contributed by atoms with Crippen LogP contribution in [0.3, 0.4) is 0 Å². The van der Waals surface area contributed by atoms with Crippen LogP contribution in [0, 0.1) is 24.1 Å². The highest BCUT2D eigenvalue weighted by atomic mass is 32.2. The SMILES string of the molecule is Cc1cnc(Sc2cc(F)cc(C#N)c2)nc1. The van der Waals surface area contributed by atoms with Crippen molar-refractivity contribution in [3.8, 4) is 6.07 Å². The van der Waals surface area contributed by atoms with Crippen LogP contribution in [0.2, 0.25) is 0 Å². The van der Waals surface area contributed by atoms with Gasteiger partial charge in [-0.1, -0.05) is 0 Å². The van der Waals surface area contributed by atoms with E-state index in [0.29, 0.717) is 15.6 Å². The van der Waals surface area contributed by atoms with E-state index in [0.717, 1.165) is 5.56 Å². The molecule has 0 saturated carbocycles. The number of nitriles is 1. The number of aromatic nitrogens is 2. The zero-order valence-corrected chi connectivity index (χ0v) is 9.83. The van der Waals surface area contributed by atoms with Crippen molar-refractivity contribution in [2.45, 2.75) is 17.0 Å². The molecule has 0 saturated heterocycles. The fourth-order valence-electron chi connectivity index (χ4n) is 1.23. The Morgan fingerprint density at radius 2 is 1.94 bits per heavy atom. The van der Waals surface area contributed by atoms with Gasteiger partial charge in [0.15, 0.2) is 5.16 Å². The van der Waals surface area contributed by atoms with E-state index in [9.17, 15) is 4.39 Å². The summed E-state index contributed by atoms with van der Waals surface area (Å²) >= 11 is 1.23. The molecular formula is C12H8FN3S. The number of hydrogen-bond donors (Lipinski definition) is 0. The van der Waals surface area contributed by atoms with E-state index in [4.69, 9.17) is 5.26 Å². The van der Waals surface area contributed by atoms with E-state index in [1.807, 2.05) is 13.0 Å². The third-order valence-electron chi connectivity index (χ3n) is 1.97. The predicted octanol–water partition coefficient (Wildman–Crippen LogP) is 2.95. The van der Waals surface area contributed by atoms with E-state index in [-0.39, 0.29) is 0 Å². The third kappa shape index (κ3) is 3.02. The zero-order chi connectivity index (χ0) is 12.3. The average Bonchev–Trinajstić information content (AvgIpc) is 2.31. The van der Waals surface area contributed by atoms with Crippen molar-refractivity contribution in [3.63, 3.8) is 0 Å². The molecule has 1 aromatic carbocycles. The molecule has 3 nitrogen and oxygen atoms in total. The first-order valence-corrected chi connectivity index (χ1v) is 5.66. The van der Waals surface area contributed by atoms with Gasteiger partial charge in [0.25, 0.3) is 0 Å². The van der Waals surface area contributed by atoms with Crippen LogP contribution in [0.4, 0.5) is 4.39 Å². The monoisotopic (exact) mass is 245 g/mol. The molecule has 0 spiro atoms. The minimum Gasteiger partial charge on any atom is -0.231 e. The molecule has 2 rings (SSSR count). The molecule has 2 aromatic rings. The van der Waals surface area contributed by atoms with Crippen molar-refractivity contribution in [3.05, 3.63) is 47.5 Å². The van der Waals surface area contributed by atoms with E-state index in [1.165, 1.54) is 23.9 Å². The summed E-state index contributed by atoms with van der Waals surface area (Å²) in [5.74, 6) is -0.432. The lowest BCUT2D eigenvalue weighted by molar-refractivity contribution is 0.623. The normalized spacial score (nSPS) is 9.94. The number of benzene rings is 1. The van der Waals surface area contributed by atoms with Crippen molar-refractivity contribution < 1.29 is 4.39 Å². The third-order valence-corrected chi connectivity index (χ3v) is 2.83. The highest BCUT2D eigenvalue weighted by molar-refractivity contribution is 7.99. The Hall–Kier alpha value is -1.93. The van der Waals surface area contributed by atoms with E-state index < -0.39 is 5.82 Å². The Morgan fingerprint density at radius 1 is 1.24 bits per heavy atom. The Bertz CT molecular complexity index is 575. The van der Waals surface area contributed by atoms with Crippen molar-refractivity contribution in [2.24, 2.45) is 0 Å². The largest absolute Gasteiger partial charge is 0.231 e. The van der Waals surface area contributed by atoms with Gasteiger partial charge in [-0.05, 0) is 42.4 Å². The molecule has 0 amide bonds. The molecule has 0 fully saturated rings. The van der Waals surface area contributed by atoms with Crippen LogP contribution < -0.4 is 0 Å². The van der Waals surface area contributed by atoms with Crippen molar-refractivity contribution in [1.82, 2.24) is 9.97 Å². The molecule has 0 N–H and O–H groups in total. The Morgan fingerprint density at radius 3 is 2.59 bits per heavy atom. The Labute approximate surface area is 102 Å². The van der Waals surface area contributed by atoms with Gasteiger partial charge in [0.1, 0.15) is 5.82 Å². The maximum absolute atomic E-state index is 13.2. The molecule has 0 aliphatic carbocycles. The summed E-state index contributed by atoms with van der Waals surface area (Å²) in [6, 6.07) is 6.07. The zero-order valence-electron chi connectivity index (χ0n) is 9.01. The molecule has 84 valence electrons. The van der Waals surface area contributed by atoms with Gasteiger partial charge in [0, 0.05) is 17.3 Å². The van der Waals surface area contributed by atoms with Gasteiger partial charge >= 0.3 is 0 Å². The summed E-state index contributed by atoms with van der Waals surface area (Å²) in [5, 5.41) is 9.26. The lowest BCUT2D eigenvalue weighted by Crippen LogP contribution is -1.87. The molecule has 0 aliphatic heterocycles. The Balaban J connectivity index is 2.27. The van der Waals surface area contributed by atoms with Crippen LogP contribution >= 0.6 is 11.8 Å². The van der Waals surface area contributed by atoms with E-state index in [2.05, 4.69) is 9.97 Å². The molecule has 1 heterocycles. The second-order valence-corrected chi connectivity index (χ2v) is 4.47. The molecule has 0 aliphatic rings. The standard InChI is InChI=1S/C12H8FN3S/c1-8-6-15-12(16-7-8)17-11-3-9(5-14)2-10(13)4-11/h2-4,6-7H,1H3. The lowest BCUT2D eigenvalue weighted by atomic mass is 10.2. The summed E-state index contributed by atoms with van der Waals surface area (Å²) < 4.78 is 13.2. The fraction of sp³-hybridized carbons (Fsp3) is 0.0833. The predicted molar refractivity (Wildman–Crippen MR) is 62.0 cm³/mol. The van der Waals surface area contributed by atoms with Crippen LogP contribution in [0.15, 0.2) is 40.6 Å². The van der Waals surface area contributed by atoms with Crippen LogP contribution in [0.25, 0.3) is 0 Å². The van der Waals surface area contributed by atoms with Crippen molar-refractivity contribution in [2.75, 3.05) is 0 Å². The summed E-state index contributed by atoms with van der Waals surface area (Å²) in [7, 11) is 0. The van der Waals surface area contributed by atoms with Gasteiger partial charge in [0.05, 0.1) is 11.6 Å². The minimum atomic E-state index is -0.432. The first-order chi connectivity index (χ1) is 8.17. The van der Waals surface area contributed by atoms with Gasteiger partial charge in [-0.25, -0.2) is 14.4 Å². The molecule has 5 heteroatoms. The summed E-state index contributed by atoms with van der Waals surface area (Å²) in [4.78, 5) is 8.83. The first-order valence-electron chi connectivity index (χ1n) is 4.84. The van der Waals surface area contributed by atoms with Crippen molar-refractivity contribution in [1.29, 1.82) is 5.26 Å². The summed E-state index contributed by atoms with van der Waals surface area (Å²) in [6.07, 6.45) is 3.39. The van der Waals surface area contributed by atoms with Crippen LogP contribution in [0.5, 0.6) is 0 Å². The highest BCUT2D eigenvalue weighted by Gasteiger charge is 2.04. The fourth-order valence-corrected chi connectivity index (χ4v) is 2.00. The second kappa shape index (κ2) is 4.93. The van der Waals surface area contributed by atoms with E-state index in [1.54, 1.807) is 18.5 Å². The summed E-state index contributed by atoms with van der Waals surface area (Å²) in [6.45, 7) is 1.89. The van der Waals surface area contributed by atoms with E-state index >= 15 is 0 Å². The maximum Gasteiger partial charge on any atom is 0.192 e. The molecule has 1 aromatic heterocycles. The van der Waals surface area contributed by atoms with Gasteiger partial charge in [-0.2, -0.15) is 5.26 Å². The number of rotatable bonds is 2. The van der Waals surface area contributed by atoms with Crippen LogP contribution in [0.1, 0.15) is 11.1 Å². The number of halogens is 1. The van der Waals surface area contributed by atoms with Crippen LogP contribution in [-0.4, -0.2) is 9.97 Å². The highest BCUT2D eigenvalue weighted by Crippen LogP contribution is 2.25. The molecule has 0 atom stereocenters. The second-order valence-electron chi connectivity index (χ2n) is 3.43. The lowest BCUT2D eigenvalue weighted by Gasteiger charge is -2.01. The molecule has 0 bridgehead atoms. The quantitative estimate of drug-likeness (QED) is 0.763. The number of hydrogen-bond acceptors (Lipinski definition) is 4. The molecule has 0 radical (unpaired) electrons. The van der Waals surface area contributed by atoms with Gasteiger partial charge in [0.2, 0.25) is 0 Å². The molecular weight excluding hydrogens is 237 g/mol. The summed E-state index contributed by atoms with van der Waals surface area (Å²) in [5.41, 5.74) is 1.26. The van der Waals surface area contributed by atoms with Gasteiger partial charge in [-0.15, -0.1) is 0 Å². The molecule has 0 unspecified atom stereocenters. The average molecular weight is 245 g/mol. The smallest absolute Gasteiger partial charge is 0.192 e.